The molecule has 0 aliphatic heterocycles. The van der Waals surface area contributed by atoms with Crippen LogP contribution in [0, 0.1) is 13.8 Å². The molecule has 0 heterocycles. The normalized spacial score (nSPS) is 10.4. The second-order valence-electron chi connectivity index (χ2n) is 4.56. The first-order chi connectivity index (χ1) is 9.06. The highest BCUT2D eigenvalue weighted by Crippen LogP contribution is 2.25. The molecule has 0 saturated carbocycles. The topological polar surface area (TPSA) is 37.3 Å². The molecule has 0 fully saturated rings. The summed E-state index contributed by atoms with van der Waals surface area (Å²) >= 11 is 1.66. The van der Waals surface area contributed by atoms with Gasteiger partial charge in [-0.15, -0.1) is 11.8 Å². The van der Waals surface area contributed by atoms with Crippen molar-refractivity contribution in [2.45, 2.75) is 24.5 Å². The van der Waals surface area contributed by atoms with E-state index in [9.17, 15) is 4.79 Å². The molecule has 2 aromatic rings. The maximum absolute atomic E-state index is 11.1. The van der Waals surface area contributed by atoms with Crippen LogP contribution >= 0.6 is 11.8 Å². The van der Waals surface area contributed by atoms with Crippen LogP contribution in [0.1, 0.15) is 27.0 Å². The van der Waals surface area contributed by atoms with Crippen molar-refractivity contribution in [2.24, 2.45) is 0 Å². The van der Waals surface area contributed by atoms with Crippen molar-refractivity contribution in [1.29, 1.82) is 0 Å². The molecule has 0 amide bonds. The lowest BCUT2D eigenvalue weighted by atomic mass is 10.1. The molecule has 2 aromatic carbocycles. The number of hydrogen-bond acceptors (Lipinski definition) is 2. The number of benzene rings is 2. The standard InChI is InChI=1S/C16H16O2S/c1-11-4-3-5-13(8-11)10-19-14-7-6-12(2)15(9-14)16(17)18/h3-9H,10H2,1-2H3,(H,17,18). The molecule has 0 spiro atoms. The van der Waals surface area contributed by atoms with E-state index in [4.69, 9.17) is 5.11 Å². The van der Waals surface area contributed by atoms with Gasteiger partial charge in [0.15, 0.2) is 0 Å². The number of carboxylic acids is 1. The molecule has 0 atom stereocenters. The quantitative estimate of drug-likeness (QED) is 0.843. The van der Waals surface area contributed by atoms with Crippen molar-refractivity contribution in [2.75, 3.05) is 0 Å². The molecule has 0 radical (unpaired) electrons. The second-order valence-corrected chi connectivity index (χ2v) is 5.61. The molecule has 0 unspecified atom stereocenters. The van der Waals surface area contributed by atoms with Gasteiger partial charge in [-0.05, 0) is 37.1 Å². The number of carboxylic acid groups (broad SMARTS) is 1. The number of carbonyl (C=O) groups is 1. The Labute approximate surface area is 117 Å². The first kappa shape index (κ1) is 13.7. The van der Waals surface area contributed by atoms with E-state index in [2.05, 4.69) is 25.1 Å². The molecule has 3 heteroatoms. The molecule has 2 nitrogen and oxygen atoms in total. The smallest absolute Gasteiger partial charge is 0.335 e. The minimum absolute atomic E-state index is 0.384. The fourth-order valence-electron chi connectivity index (χ4n) is 1.89. The van der Waals surface area contributed by atoms with Crippen molar-refractivity contribution < 1.29 is 9.90 Å². The first-order valence-electron chi connectivity index (χ1n) is 6.08. The summed E-state index contributed by atoms with van der Waals surface area (Å²) in [6.07, 6.45) is 0. The SMILES string of the molecule is Cc1cccc(CSc2ccc(C)c(C(=O)O)c2)c1. The van der Waals surface area contributed by atoms with Crippen LogP contribution in [0.3, 0.4) is 0 Å². The molecule has 1 N–H and O–H groups in total. The lowest BCUT2D eigenvalue weighted by Crippen LogP contribution is -1.99. The van der Waals surface area contributed by atoms with E-state index >= 15 is 0 Å². The van der Waals surface area contributed by atoms with Gasteiger partial charge in [-0.3, -0.25) is 0 Å². The van der Waals surface area contributed by atoms with Gasteiger partial charge in [-0.25, -0.2) is 4.79 Å². The van der Waals surface area contributed by atoms with E-state index in [0.29, 0.717) is 5.56 Å². The van der Waals surface area contributed by atoms with Gasteiger partial charge in [0.2, 0.25) is 0 Å². The molecule has 2 rings (SSSR count). The summed E-state index contributed by atoms with van der Waals surface area (Å²) in [5, 5.41) is 9.10. The highest BCUT2D eigenvalue weighted by atomic mass is 32.2. The summed E-state index contributed by atoms with van der Waals surface area (Å²) in [5.74, 6) is -0.0143. The molecule has 0 aliphatic carbocycles. The van der Waals surface area contributed by atoms with Gasteiger partial charge in [0.25, 0.3) is 0 Å². The predicted molar refractivity (Wildman–Crippen MR) is 78.9 cm³/mol. The summed E-state index contributed by atoms with van der Waals surface area (Å²) < 4.78 is 0. The highest BCUT2D eigenvalue weighted by Gasteiger charge is 2.08. The second kappa shape index (κ2) is 5.93. The van der Waals surface area contributed by atoms with Gasteiger partial charge in [-0.1, -0.05) is 35.9 Å². The van der Waals surface area contributed by atoms with Gasteiger partial charge in [0.05, 0.1) is 5.56 Å². The average Bonchev–Trinajstić information content (AvgIpc) is 2.37. The van der Waals surface area contributed by atoms with Crippen LogP contribution in [0.5, 0.6) is 0 Å². The Balaban J connectivity index is 2.12. The third-order valence-electron chi connectivity index (χ3n) is 2.93. The Kier molecular flexibility index (Phi) is 4.27. The third-order valence-corrected chi connectivity index (χ3v) is 3.99. The van der Waals surface area contributed by atoms with Crippen molar-refractivity contribution in [3.63, 3.8) is 0 Å². The Morgan fingerprint density at radius 1 is 1.16 bits per heavy atom. The van der Waals surface area contributed by atoms with E-state index < -0.39 is 5.97 Å². The number of thioether (sulfide) groups is 1. The van der Waals surface area contributed by atoms with Crippen LogP contribution < -0.4 is 0 Å². The maximum Gasteiger partial charge on any atom is 0.335 e. The van der Waals surface area contributed by atoms with E-state index in [1.165, 1.54) is 11.1 Å². The molecule has 19 heavy (non-hydrogen) atoms. The number of hydrogen-bond donors (Lipinski definition) is 1. The minimum atomic E-state index is -0.865. The van der Waals surface area contributed by atoms with Crippen molar-refractivity contribution in [1.82, 2.24) is 0 Å². The molecule has 0 bridgehead atoms. The van der Waals surface area contributed by atoms with E-state index in [0.717, 1.165) is 16.2 Å². The zero-order chi connectivity index (χ0) is 13.8. The van der Waals surface area contributed by atoms with Gasteiger partial charge < -0.3 is 5.11 Å². The lowest BCUT2D eigenvalue weighted by Gasteiger charge is -2.06. The predicted octanol–water partition coefficient (Wildman–Crippen LogP) is 4.29. The third kappa shape index (κ3) is 3.61. The Bertz CT molecular complexity index is 605. The first-order valence-corrected chi connectivity index (χ1v) is 7.07. The molecular weight excluding hydrogens is 256 g/mol. The van der Waals surface area contributed by atoms with Crippen LogP contribution in [-0.4, -0.2) is 11.1 Å². The molecule has 0 aliphatic rings. The van der Waals surface area contributed by atoms with Crippen molar-refractivity contribution in [3.05, 3.63) is 64.7 Å². The van der Waals surface area contributed by atoms with E-state index in [-0.39, 0.29) is 0 Å². The zero-order valence-electron chi connectivity index (χ0n) is 11.0. The van der Waals surface area contributed by atoms with E-state index in [1.807, 2.05) is 25.1 Å². The van der Waals surface area contributed by atoms with Gasteiger partial charge in [0.1, 0.15) is 0 Å². The van der Waals surface area contributed by atoms with Crippen LogP contribution in [0.2, 0.25) is 0 Å². The van der Waals surface area contributed by atoms with Crippen LogP contribution in [0.15, 0.2) is 47.4 Å². The maximum atomic E-state index is 11.1. The fourth-order valence-corrected chi connectivity index (χ4v) is 2.77. The van der Waals surface area contributed by atoms with Crippen LogP contribution in [0.4, 0.5) is 0 Å². The zero-order valence-corrected chi connectivity index (χ0v) is 11.8. The summed E-state index contributed by atoms with van der Waals surface area (Å²) in [6, 6.07) is 13.9. The molecule has 0 saturated heterocycles. The van der Waals surface area contributed by atoms with Crippen LogP contribution in [0.25, 0.3) is 0 Å². The lowest BCUT2D eigenvalue weighted by molar-refractivity contribution is 0.0696. The monoisotopic (exact) mass is 272 g/mol. The van der Waals surface area contributed by atoms with Gasteiger partial charge >= 0.3 is 5.97 Å². The Morgan fingerprint density at radius 3 is 2.63 bits per heavy atom. The number of rotatable bonds is 4. The molecular formula is C16H16O2S. The highest BCUT2D eigenvalue weighted by molar-refractivity contribution is 7.98. The minimum Gasteiger partial charge on any atom is -0.478 e. The number of aryl methyl sites for hydroxylation is 2. The van der Waals surface area contributed by atoms with Crippen molar-refractivity contribution >= 4 is 17.7 Å². The fraction of sp³-hybridized carbons (Fsp3) is 0.188. The summed E-state index contributed by atoms with van der Waals surface area (Å²) in [7, 11) is 0. The Hall–Kier alpha value is -1.74. The summed E-state index contributed by atoms with van der Waals surface area (Å²) in [5.41, 5.74) is 3.68. The van der Waals surface area contributed by atoms with Gasteiger partial charge in [0, 0.05) is 10.6 Å². The molecule has 98 valence electrons. The van der Waals surface area contributed by atoms with Gasteiger partial charge in [-0.2, -0.15) is 0 Å². The van der Waals surface area contributed by atoms with Crippen LogP contribution in [-0.2, 0) is 5.75 Å². The Morgan fingerprint density at radius 2 is 1.95 bits per heavy atom. The van der Waals surface area contributed by atoms with E-state index in [1.54, 1.807) is 17.8 Å². The molecule has 0 aromatic heterocycles. The summed E-state index contributed by atoms with van der Waals surface area (Å²) in [4.78, 5) is 12.1. The number of aromatic carboxylic acids is 1. The largest absolute Gasteiger partial charge is 0.478 e. The van der Waals surface area contributed by atoms with Crippen molar-refractivity contribution in [3.8, 4) is 0 Å². The average molecular weight is 272 g/mol. The summed E-state index contributed by atoms with van der Waals surface area (Å²) in [6.45, 7) is 3.89.